The number of hydrogen-bond acceptors (Lipinski definition) is 3. The van der Waals surface area contributed by atoms with Crippen molar-refractivity contribution >= 4 is 6.03 Å². The quantitative estimate of drug-likeness (QED) is 0.836. The van der Waals surface area contributed by atoms with E-state index < -0.39 is 17.8 Å². The Morgan fingerprint density at radius 1 is 1.16 bits per heavy atom. The molecule has 1 heterocycles. The fraction of sp³-hybridized carbons (Fsp3) is 0.294. The summed E-state index contributed by atoms with van der Waals surface area (Å²) in [6.45, 7) is 2.46. The first-order valence-corrected chi connectivity index (χ1v) is 7.64. The molecule has 0 spiro atoms. The van der Waals surface area contributed by atoms with Gasteiger partial charge in [0.25, 0.3) is 0 Å². The second kappa shape index (κ2) is 8.36. The van der Waals surface area contributed by atoms with E-state index in [4.69, 9.17) is 4.74 Å². The lowest BCUT2D eigenvalue weighted by Crippen LogP contribution is -2.34. The van der Waals surface area contributed by atoms with Gasteiger partial charge in [-0.3, -0.25) is 0 Å². The van der Waals surface area contributed by atoms with E-state index in [1.807, 2.05) is 6.92 Å². The van der Waals surface area contributed by atoms with Crippen molar-refractivity contribution in [3.05, 3.63) is 59.3 Å². The molecule has 25 heavy (non-hydrogen) atoms. The molecule has 0 aliphatic heterocycles. The Kier molecular flexibility index (Phi) is 6.21. The normalized spacial score (nSPS) is 11.0. The fourth-order valence-corrected chi connectivity index (χ4v) is 2.10. The van der Waals surface area contributed by atoms with E-state index in [9.17, 15) is 18.0 Å². The van der Waals surface area contributed by atoms with E-state index in [1.165, 1.54) is 12.1 Å². The van der Waals surface area contributed by atoms with Crippen LogP contribution < -0.4 is 15.4 Å². The molecule has 134 valence electrons. The van der Waals surface area contributed by atoms with Gasteiger partial charge in [-0.25, -0.2) is 9.78 Å². The van der Waals surface area contributed by atoms with Crippen molar-refractivity contribution in [1.29, 1.82) is 0 Å². The summed E-state index contributed by atoms with van der Waals surface area (Å²) < 4.78 is 43.3. The SMILES string of the molecule is CCOc1ncccc1CNC(=O)NCc1cccc(C(F)(F)F)c1. The van der Waals surface area contributed by atoms with E-state index in [0.29, 0.717) is 23.6 Å². The number of hydrogen-bond donors (Lipinski definition) is 2. The molecule has 2 amide bonds. The van der Waals surface area contributed by atoms with Crippen LogP contribution in [0.5, 0.6) is 5.88 Å². The zero-order chi connectivity index (χ0) is 18.3. The van der Waals surface area contributed by atoms with Crippen molar-refractivity contribution in [2.75, 3.05) is 6.61 Å². The van der Waals surface area contributed by atoms with Crippen LogP contribution in [0.15, 0.2) is 42.6 Å². The topological polar surface area (TPSA) is 63.2 Å². The van der Waals surface area contributed by atoms with Crippen LogP contribution in [0.3, 0.4) is 0 Å². The van der Waals surface area contributed by atoms with Gasteiger partial charge >= 0.3 is 12.2 Å². The minimum Gasteiger partial charge on any atom is -0.478 e. The highest BCUT2D eigenvalue weighted by Gasteiger charge is 2.30. The zero-order valence-electron chi connectivity index (χ0n) is 13.6. The summed E-state index contributed by atoms with van der Waals surface area (Å²) in [4.78, 5) is 15.9. The van der Waals surface area contributed by atoms with Crippen LogP contribution in [0.4, 0.5) is 18.0 Å². The van der Waals surface area contributed by atoms with E-state index in [0.717, 1.165) is 12.1 Å². The lowest BCUT2D eigenvalue weighted by Gasteiger charge is -2.12. The number of halogens is 3. The number of urea groups is 1. The third-order valence-electron chi connectivity index (χ3n) is 3.28. The van der Waals surface area contributed by atoms with Crippen molar-refractivity contribution < 1.29 is 22.7 Å². The number of nitrogens with zero attached hydrogens (tertiary/aromatic N) is 1. The summed E-state index contributed by atoms with van der Waals surface area (Å²) in [6.07, 6.45) is -2.82. The first-order chi connectivity index (χ1) is 11.9. The monoisotopic (exact) mass is 353 g/mol. The standard InChI is InChI=1S/C17H18F3N3O2/c1-2-25-15-13(6-4-8-21-15)11-23-16(24)22-10-12-5-3-7-14(9-12)17(18,19)20/h3-9H,2,10-11H2,1H3,(H2,22,23,24). The van der Waals surface area contributed by atoms with Crippen LogP contribution in [0.1, 0.15) is 23.6 Å². The number of rotatable bonds is 6. The summed E-state index contributed by atoms with van der Waals surface area (Å²) in [5.41, 5.74) is 0.323. The predicted molar refractivity (Wildman–Crippen MR) is 85.9 cm³/mol. The average molecular weight is 353 g/mol. The Morgan fingerprint density at radius 3 is 2.64 bits per heavy atom. The molecule has 0 fully saturated rings. The number of benzene rings is 1. The van der Waals surface area contributed by atoms with Crippen LogP contribution >= 0.6 is 0 Å². The molecule has 1 aromatic carbocycles. The lowest BCUT2D eigenvalue weighted by molar-refractivity contribution is -0.137. The van der Waals surface area contributed by atoms with E-state index in [1.54, 1.807) is 18.3 Å². The second-order valence-electron chi connectivity index (χ2n) is 5.14. The maximum absolute atomic E-state index is 12.7. The molecule has 0 saturated carbocycles. The predicted octanol–water partition coefficient (Wildman–Crippen LogP) is 3.50. The number of carbonyl (C=O) groups is 1. The third-order valence-corrected chi connectivity index (χ3v) is 3.28. The molecule has 2 aromatic rings. The molecule has 0 radical (unpaired) electrons. The maximum atomic E-state index is 12.7. The minimum atomic E-state index is -4.41. The number of alkyl halides is 3. The van der Waals surface area contributed by atoms with Crippen molar-refractivity contribution in [2.45, 2.75) is 26.2 Å². The highest BCUT2D eigenvalue weighted by Crippen LogP contribution is 2.29. The van der Waals surface area contributed by atoms with Gasteiger partial charge in [-0.2, -0.15) is 13.2 Å². The van der Waals surface area contributed by atoms with Crippen LogP contribution in [-0.2, 0) is 19.3 Å². The van der Waals surface area contributed by atoms with Crippen molar-refractivity contribution in [1.82, 2.24) is 15.6 Å². The van der Waals surface area contributed by atoms with Crippen LogP contribution in [0, 0.1) is 0 Å². The van der Waals surface area contributed by atoms with Gasteiger partial charge in [0, 0.05) is 24.8 Å². The van der Waals surface area contributed by atoms with E-state index in [2.05, 4.69) is 15.6 Å². The van der Waals surface area contributed by atoms with Gasteiger partial charge in [0.1, 0.15) is 0 Å². The van der Waals surface area contributed by atoms with Gasteiger partial charge < -0.3 is 15.4 Å². The highest BCUT2D eigenvalue weighted by atomic mass is 19.4. The summed E-state index contributed by atoms with van der Waals surface area (Å²) >= 11 is 0. The molecule has 0 aliphatic rings. The molecular weight excluding hydrogens is 335 g/mol. The largest absolute Gasteiger partial charge is 0.478 e. The second-order valence-corrected chi connectivity index (χ2v) is 5.14. The van der Waals surface area contributed by atoms with Crippen molar-refractivity contribution in [2.24, 2.45) is 0 Å². The van der Waals surface area contributed by atoms with Crippen molar-refractivity contribution in [3.8, 4) is 5.88 Å². The molecular formula is C17H18F3N3O2. The summed E-state index contributed by atoms with van der Waals surface area (Å²) in [5, 5.41) is 5.14. The summed E-state index contributed by atoms with van der Waals surface area (Å²) in [7, 11) is 0. The molecule has 0 saturated heterocycles. The smallest absolute Gasteiger partial charge is 0.416 e. The molecule has 0 aliphatic carbocycles. The number of amides is 2. The Bertz CT molecular complexity index is 720. The van der Waals surface area contributed by atoms with E-state index >= 15 is 0 Å². The van der Waals surface area contributed by atoms with Gasteiger partial charge in [-0.05, 0) is 30.7 Å². The number of ether oxygens (including phenoxy) is 1. The van der Waals surface area contributed by atoms with Gasteiger partial charge in [-0.15, -0.1) is 0 Å². The Hall–Kier alpha value is -2.77. The van der Waals surface area contributed by atoms with Gasteiger partial charge in [-0.1, -0.05) is 18.2 Å². The van der Waals surface area contributed by atoms with Crippen LogP contribution in [0.2, 0.25) is 0 Å². The molecule has 1 aromatic heterocycles. The molecule has 0 atom stereocenters. The number of carbonyl (C=O) groups excluding carboxylic acids is 1. The zero-order valence-corrected chi connectivity index (χ0v) is 13.6. The van der Waals surface area contributed by atoms with Gasteiger partial charge in [0.05, 0.1) is 12.2 Å². The van der Waals surface area contributed by atoms with E-state index in [-0.39, 0.29) is 13.1 Å². The first-order valence-electron chi connectivity index (χ1n) is 7.64. The molecule has 8 heteroatoms. The third kappa shape index (κ3) is 5.66. The molecule has 0 unspecified atom stereocenters. The van der Waals surface area contributed by atoms with Gasteiger partial charge in [0.2, 0.25) is 5.88 Å². The molecule has 2 rings (SSSR count). The summed E-state index contributed by atoms with van der Waals surface area (Å²) in [5.74, 6) is 0.433. The lowest BCUT2D eigenvalue weighted by atomic mass is 10.1. The van der Waals surface area contributed by atoms with Crippen LogP contribution in [-0.4, -0.2) is 17.6 Å². The molecule has 5 nitrogen and oxygen atoms in total. The average Bonchev–Trinajstić information content (AvgIpc) is 2.59. The van der Waals surface area contributed by atoms with Gasteiger partial charge in [0.15, 0.2) is 0 Å². The van der Waals surface area contributed by atoms with Crippen molar-refractivity contribution in [3.63, 3.8) is 0 Å². The number of aromatic nitrogens is 1. The Labute approximate surface area is 143 Å². The Balaban J connectivity index is 1.87. The maximum Gasteiger partial charge on any atom is 0.416 e. The molecule has 2 N–H and O–H groups in total. The minimum absolute atomic E-state index is 0.0128. The highest BCUT2D eigenvalue weighted by molar-refractivity contribution is 5.73. The fourth-order valence-electron chi connectivity index (χ4n) is 2.10. The molecule has 0 bridgehead atoms. The number of pyridine rings is 1. The number of nitrogens with one attached hydrogen (secondary N) is 2. The van der Waals surface area contributed by atoms with Crippen LogP contribution in [0.25, 0.3) is 0 Å². The first kappa shape index (κ1) is 18.6. The Morgan fingerprint density at radius 2 is 1.92 bits per heavy atom. The summed E-state index contributed by atoms with van der Waals surface area (Å²) in [6, 6.07) is 7.82.